The van der Waals surface area contributed by atoms with E-state index in [1.165, 1.54) is 17.4 Å². The van der Waals surface area contributed by atoms with Crippen molar-refractivity contribution in [2.45, 2.75) is 33.7 Å². The van der Waals surface area contributed by atoms with E-state index in [0.717, 1.165) is 31.0 Å². The van der Waals surface area contributed by atoms with Gasteiger partial charge in [-0.1, -0.05) is 24.3 Å². The first-order valence-corrected chi connectivity index (χ1v) is 9.00. The summed E-state index contributed by atoms with van der Waals surface area (Å²) in [7, 11) is 0. The van der Waals surface area contributed by atoms with Gasteiger partial charge in [0.2, 0.25) is 0 Å². The van der Waals surface area contributed by atoms with Gasteiger partial charge >= 0.3 is 0 Å². The minimum absolute atomic E-state index is 0.173. The highest BCUT2D eigenvalue weighted by Crippen LogP contribution is 2.08. The summed E-state index contributed by atoms with van der Waals surface area (Å²) >= 11 is 0. The van der Waals surface area contributed by atoms with Crippen LogP contribution in [0.2, 0.25) is 0 Å². The molecule has 2 aromatic rings. The molecule has 6 nitrogen and oxygen atoms in total. The second-order valence-corrected chi connectivity index (χ2v) is 6.09. The molecular weight excluding hydrogens is 328 g/mol. The topological polar surface area (TPSA) is 78.7 Å². The molecule has 0 aliphatic rings. The fraction of sp³-hybridized carbons (Fsp3) is 0.400. The van der Waals surface area contributed by atoms with E-state index in [1.54, 1.807) is 6.07 Å². The van der Waals surface area contributed by atoms with Crippen LogP contribution in [0.5, 0.6) is 0 Å². The number of rotatable bonds is 8. The average Bonchev–Trinajstić information content (AvgIpc) is 3.06. The molecular formula is C20H28N4O2. The van der Waals surface area contributed by atoms with E-state index < -0.39 is 0 Å². The van der Waals surface area contributed by atoms with E-state index in [4.69, 9.17) is 4.42 Å². The lowest BCUT2D eigenvalue weighted by Gasteiger charge is -2.12. The summed E-state index contributed by atoms with van der Waals surface area (Å²) in [5.74, 6) is 0.989. The highest BCUT2D eigenvalue weighted by atomic mass is 16.3. The summed E-state index contributed by atoms with van der Waals surface area (Å²) in [6.45, 7) is 8.71. The highest BCUT2D eigenvalue weighted by molar-refractivity contribution is 5.92. The number of carbonyl (C=O) groups excluding carboxylic acids is 1. The van der Waals surface area contributed by atoms with Crippen LogP contribution < -0.4 is 16.0 Å². The van der Waals surface area contributed by atoms with Crippen LogP contribution in [0.3, 0.4) is 0 Å². The first kappa shape index (κ1) is 19.6. The number of hydrogen-bond acceptors (Lipinski definition) is 3. The third-order valence-electron chi connectivity index (χ3n) is 4.01. The zero-order valence-corrected chi connectivity index (χ0v) is 15.8. The van der Waals surface area contributed by atoms with E-state index in [0.29, 0.717) is 18.8 Å². The summed E-state index contributed by atoms with van der Waals surface area (Å²) in [6, 6.07) is 10.0. The molecule has 1 aromatic carbocycles. The van der Waals surface area contributed by atoms with E-state index in [9.17, 15) is 4.79 Å². The lowest BCUT2D eigenvalue weighted by molar-refractivity contribution is 0.0925. The maximum atomic E-state index is 12.0. The van der Waals surface area contributed by atoms with Crippen molar-refractivity contribution < 1.29 is 9.21 Å². The van der Waals surface area contributed by atoms with E-state index in [2.05, 4.69) is 40.0 Å². The molecule has 0 radical (unpaired) electrons. The van der Waals surface area contributed by atoms with Gasteiger partial charge in [0.1, 0.15) is 0 Å². The van der Waals surface area contributed by atoms with Crippen LogP contribution in [0.25, 0.3) is 0 Å². The average molecular weight is 356 g/mol. The van der Waals surface area contributed by atoms with Gasteiger partial charge in [0.25, 0.3) is 5.91 Å². The van der Waals surface area contributed by atoms with E-state index in [1.807, 2.05) is 26.0 Å². The van der Waals surface area contributed by atoms with Crippen molar-refractivity contribution in [3.8, 4) is 0 Å². The molecule has 1 heterocycles. The number of aryl methyl sites for hydroxylation is 2. The largest absolute Gasteiger partial charge is 0.459 e. The second-order valence-electron chi connectivity index (χ2n) is 6.09. The highest BCUT2D eigenvalue weighted by Gasteiger charge is 2.11. The number of nitrogens with one attached hydrogen (secondary N) is 3. The standard InChI is InChI=1S/C20H28N4O2/c1-4-21-20(24-14-17-9-6-5-8-15(17)2)23-12-7-11-22-19(25)18-16(3)10-13-26-18/h5-6,8-10,13H,4,7,11-12,14H2,1-3H3,(H,22,25)(H2,21,23,24). The van der Waals surface area contributed by atoms with Gasteiger partial charge in [-0.3, -0.25) is 4.79 Å². The van der Waals surface area contributed by atoms with E-state index in [-0.39, 0.29) is 5.91 Å². The normalized spacial score (nSPS) is 11.3. The van der Waals surface area contributed by atoms with Crippen molar-refractivity contribution in [3.63, 3.8) is 0 Å². The van der Waals surface area contributed by atoms with Crippen molar-refractivity contribution >= 4 is 11.9 Å². The molecule has 0 atom stereocenters. The molecule has 26 heavy (non-hydrogen) atoms. The summed E-state index contributed by atoms with van der Waals surface area (Å²) in [4.78, 5) is 16.6. The lowest BCUT2D eigenvalue weighted by atomic mass is 10.1. The molecule has 2 rings (SSSR count). The Morgan fingerprint density at radius 2 is 1.81 bits per heavy atom. The molecule has 3 N–H and O–H groups in total. The van der Waals surface area contributed by atoms with Crippen molar-refractivity contribution in [3.05, 3.63) is 59.0 Å². The molecule has 0 spiro atoms. The monoisotopic (exact) mass is 356 g/mol. The van der Waals surface area contributed by atoms with Crippen LogP contribution >= 0.6 is 0 Å². The Kier molecular flexibility index (Phi) is 7.74. The smallest absolute Gasteiger partial charge is 0.287 e. The Labute approximate surface area is 155 Å². The Morgan fingerprint density at radius 3 is 2.50 bits per heavy atom. The number of furan rings is 1. The van der Waals surface area contributed by atoms with Gasteiger partial charge in [0, 0.05) is 25.2 Å². The molecule has 0 saturated carbocycles. The van der Waals surface area contributed by atoms with Crippen molar-refractivity contribution in [1.82, 2.24) is 16.0 Å². The SMILES string of the molecule is CCNC(=NCc1ccccc1C)NCCCNC(=O)c1occc1C. The summed E-state index contributed by atoms with van der Waals surface area (Å²) in [5, 5.41) is 9.40. The number of nitrogens with zero attached hydrogens (tertiary/aromatic N) is 1. The van der Waals surface area contributed by atoms with Gasteiger partial charge in [-0.25, -0.2) is 4.99 Å². The molecule has 6 heteroatoms. The maximum absolute atomic E-state index is 12.0. The third kappa shape index (κ3) is 5.95. The van der Waals surface area contributed by atoms with Gasteiger partial charge < -0.3 is 20.4 Å². The van der Waals surface area contributed by atoms with Gasteiger partial charge in [0.05, 0.1) is 12.8 Å². The maximum Gasteiger partial charge on any atom is 0.287 e. The summed E-state index contributed by atoms with van der Waals surface area (Å²) in [6.07, 6.45) is 2.32. The number of benzene rings is 1. The van der Waals surface area contributed by atoms with Crippen molar-refractivity contribution in [2.24, 2.45) is 4.99 Å². The predicted octanol–water partition coefficient (Wildman–Crippen LogP) is 2.77. The molecule has 0 aliphatic heterocycles. The predicted molar refractivity (Wildman–Crippen MR) is 104 cm³/mol. The molecule has 1 amide bonds. The molecule has 140 valence electrons. The van der Waals surface area contributed by atoms with Gasteiger partial charge in [0.15, 0.2) is 11.7 Å². The molecule has 0 aliphatic carbocycles. The third-order valence-corrected chi connectivity index (χ3v) is 4.01. The van der Waals surface area contributed by atoms with Crippen molar-refractivity contribution in [1.29, 1.82) is 0 Å². The van der Waals surface area contributed by atoms with Crippen LogP contribution in [0.1, 0.15) is 40.6 Å². The first-order chi connectivity index (χ1) is 12.6. The van der Waals surface area contributed by atoms with Crippen LogP contribution in [0.15, 0.2) is 46.0 Å². The van der Waals surface area contributed by atoms with Gasteiger partial charge in [-0.2, -0.15) is 0 Å². The first-order valence-electron chi connectivity index (χ1n) is 9.00. The van der Waals surface area contributed by atoms with Crippen molar-refractivity contribution in [2.75, 3.05) is 19.6 Å². The van der Waals surface area contributed by atoms with Gasteiger partial charge in [-0.15, -0.1) is 0 Å². The molecule has 0 saturated heterocycles. The second kappa shape index (κ2) is 10.3. The van der Waals surface area contributed by atoms with E-state index >= 15 is 0 Å². The zero-order chi connectivity index (χ0) is 18.8. The molecule has 0 unspecified atom stereocenters. The Morgan fingerprint density at radius 1 is 1.04 bits per heavy atom. The Hall–Kier alpha value is -2.76. The number of hydrogen-bond donors (Lipinski definition) is 3. The molecule has 0 bridgehead atoms. The zero-order valence-electron chi connectivity index (χ0n) is 15.8. The summed E-state index contributed by atoms with van der Waals surface area (Å²) < 4.78 is 5.18. The number of guanidine groups is 1. The Bertz CT molecular complexity index is 737. The fourth-order valence-electron chi connectivity index (χ4n) is 2.48. The van der Waals surface area contributed by atoms with Crippen LogP contribution in [-0.2, 0) is 6.54 Å². The number of carbonyl (C=O) groups is 1. The number of aliphatic imine (C=N–C) groups is 1. The Balaban J connectivity index is 1.74. The van der Waals surface area contributed by atoms with Crippen LogP contribution in [0.4, 0.5) is 0 Å². The number of amides is 1. The van der Waals surface area contributed by atoms with Crippen LogP contribution in [-0.4, -0.2) is 31.5 Å². The minimum Gasteiger partial charge on any atom is -0.459 e. The quantitative estimate of drug-likeness (QED) is 0.386. The van der Waals surface area contributed by atoms with Gasteiger partial charge in [-0.05, 0) is 44.4 Å². The lowest BCUT2D eigenvalue weighted by Crippen LogP contribution is -2.38. The fourth-order valence-corrected chi connectivity index (χ4v) is 2.48. The molecule has 0 fully saturated rings. The minimum atomic E-state index is -0.173. The van der Waals surface area contributed by atoms with Crippen LogP contribution in [0, 0.1) is 13.8 Å². The summed E-state index contributed by atoms with van der Waals surface area (Å²) in [5.41, 5.74) is 3.30. The molecule has 1 aromatic heterocycles.